The molecule has 0 aliphatic rings. The zero-order valence-electron chi connectivity index (χ0n) is 14.2. The molecule has 2 N–H and O–H groups in total. The number of fused-ring (bicyclic) bond motifs is 1. The molecule has 0 saturated heterocycles. The Morgan fingerprint density at radius 3 is 2.79 bits per heavy atom. The summed E-state index contributed by atoms with van der Waals surface area (Å²) in [6, 6.07) is 11.5. The van der Waals surface area contributed by atoms with E-state index in [-0.39, 0.29) is 24.3 Å². The first-order valence-electron chi connectivity index (χ1n) is 8.18. The maximum atomic E-state index is 12.4. The minimum absolute atomic E-state index is 0.0518. The topological polar surface area (TPSA) is 70.7 Å². The fourth-order valence-electron chi connectivity index (χ4n) is 2.73. The summed E-state index contributed by atoms with van der Waals surface area (Å²) < 4.78 is 0. The van der Waals surface area contributed by atoms with Crippen LogP contribution in [0.15, 0.2) is 42.6 Å². The van der Waals surface area contributed by atoms with Crippen molar-refractivity contribution >= 4 is 16.9 Å². The van der Waals surface area contributed by atoms with Crippen molar-refractivity contribution in [2.75, 3.05) is 0 Å². The van der Waals surface area contributed by atoms with Crippen molar-refractivity contribution in [3.63, 3.8) is 0 Å². The van der Waals surface area contributed by atoms with E-state index in [2.05, 4.69) is 47.1 Å². The third kappa shape index (κ3) is 3.62. The van der Waals surface area contributed by atoms with Gasteiger partial charge in [0.1, 0.15) is 5.82 Å². The summed E-state index contributed by atoms with van der Waals surface area (Å²) >= 11 is 0. The first kappa shape index (κ1) is 16.2. The van der Waals surface area contributed by atoms with Crippen LogP contribution in [-0.2, 0) is 11.2 Å². The van der Waals surface area contributed by atoms with Gasteiger partial charge < -0.3 is 10.3 Å². The van der Waals surface area contributed by atoms with Gasteiger partial charge in [0.15, 0.2) is 0 Å². The summed E-state index contributed by atoms with van der Waals surface area (Å²) in [5.41, 5.74) is 3.85. The van der Waals surface area contributed by atoms with Gasteiger partial charge >= 0.3 is 0 Å². The largest absolute Gasteiger partial charge is 0.346 e. The second-order valence-corrected chi connectivity index (χ2v) is 6.43. The van der Waals surface area contributed by atoms with Crippen LogP contribution in [0.25, 0.3) is 11.0 Å². The molecule has 0 fully saturated rings. The number of aryl methyl sites for hydroxylation is 1. The lowest BCUT2D eigenvalue weighted by Gasteiger charge is -2.20. The van der Waals surface area contributed by atoms with E-state index in [1.807, 2.05) is 30.3 Å². The molecule has 1 amide bonds. The van der Waals surface area contributed by atoms with Crippen LogP contribution in [0.1, 0.15) is 37.0 Å². The van der Waals surface area contributed by atoms with Gasteiger partial charge in [-0.2, -0.15) is 0 Å². The van der Waals surface area contributed by atoms with Crippen LogP contribution in [0.4, 0.5) is 0 Å². The zero-order chi connectivity index (χ0) is 17.1. The summed E-state index contributed by atoms with van der Waals surface area (Å²) in [5, 5.41) is 3.08. The maximum Gasteiger partial charge on any atom is 0.226 e. The monoisotopic (exact) mass is 322 g/mol. The minimum atomic E-state index is -0.158. The minimum Gasteiger partial charge on any atom is -0.346 e. The number of aromatic nitrogens is 3. The van der Waals surface area contributed by atoms with Crippen LogP contribution in [0.5, 0.6) is 0 Å². The lowest BCUT2D eigenvalue weighted by molar-refractivity contribution is -0.121. The Morgan fingerprint density at radius 1 is 1.25 bits per heavy atom. The zero-order valence-corrected chi connectivity index (χ0v) is 14.2. The molecule has 5 nitrogen and oxygen atoms in total. The summed E-state index contributed by atoms with van der Waals surface area (Å²) in [5.74, 6) is 0.961. The number of hydrogen-bond donors (Lipinski definition) is 2. The number of aromatic amines is 1. The fourth-order valence-corrected chi connectivity index (χ4v) is 2.73. The molecule has 0 aliphatic carbocycles. The van der Waals surface area contributed by atoms with E-state index in [0.29, 0.717) is 0 Å². The molecule has 2 heterocycles. The lowest BCUT2D eigenvalue weighted by atomic mass is 10.0. The highest BCUT2D eigenvalue weighted by Gasteiger charge is 2.22. The van der Waals surface area contributed by atoms with Gasteiger partial charge in [-0.1, -0.05) is 26.0 Å². The molecular weight excluding hydrogens is 300 g/mol. The van der Waals surface area contributed by atoms with Gasteiger partial charge in [0.25, 0.3) is 0 Å². The fraction of sp³-hybridized carbons (Fsp3) is 0.316. The van der Waals surface area contributed by atoms with E-state index in [0.717, 1.165) is 22.6 Å². The van der Waals surface area contributed by atoms with Crippen molar-refractivity contribution in [1.82, 2.24) is 20.3 Å². The lowest BCUT2D eigenvalue weighted by Crippen LogP contribution is -2.33. The molecule has 5 heteroatoms. The molecule has 1 aromatic carbocycles. The molecule has 124 valence electrons. The number of carbonyl (C=O) groups excluding carboxylic acids is 1. The summed E-state index contributed by atoms with van der Waals surface area (Å²) in [6.07, 6.45) is 1.97. The predicted octanol–water partition coefficient (Wildman–Crippen LogP) is 3.32. The van der Waals surface area contributed by atoms with Crippen LogP contribution >= 0.6 is 0 Å². The molecule has 3 aromatic rings. The Bertz CT molecular complexity index is 839. The van der Waals surface area contributed by atoms with Gasteiger partial charge in [-0.3, -0.25) is 9.78 Å². The first-order chi connectivity index (χ1) is 11.5. The highest BCUT2D eigenvalue weighted by atomic mass is 16.1. The number of H-pyrrole nitrogens is 1. The Labute approximate surface area is 141 Å². The average Bonchev–Trinajstić information content (AvgIpc) is 2.96. The molecular formula is C19H22N4O. The summed E-state index contributed by atoms with van der Waals surface area (Å²) in [7, 11) is 0. The van der Waals surface area contributed by atoms with Gasteiger partial charge in [-0.25, -0.2) is 4.98 Å². The molecule has 0 spiro atoms. The number of carbonyl (C=O) groups is 1. The molecule has 0 radical (unpaired) electrons. The third-order valence-corrected chi connectivity index (χ3v) is 4.00. The van der Waals surface area contributed by atoms with Gasteiger partial charge in [0, 0.05) is 11.9 Å². The summed E-state index contributed by atoms with van der Waals surface area (Å²) in [4.78, 5) is 24.6. The Hall–Kier alpha value is -2.69. The van der Waals surface area contributed by atoms with E-state index < -0.39 is 0 Å². The van der Waals surface area contributed by atoms with E-state index in [1.54, 1.807) is 6.20 Å². The number of pyridine rings is 1. The van der Waals surface area contributed by atoms with E-state index in [1.165, 1.54) is 5.56 Å². The van der Waals surface area contributed by atoms with E-state index in [4.69, 9.17) is 0 Å². The SMILES string of the molecule is Cc1ccc2nc([C@H](NC(=O)Cc3ccccn3)C(C)C)[nH]c2c1. The number of rotatable bonds is 5. The Kier molecular flexibility index (Phi) is 4.60. The third-order valence-electron chi connectivity index (χ3n) is 4.00. The molecule has 24 heavy (non-hydrogen) atoms. The highest BCUT2D eigenvalue weighted by molar-refractivity contribution is 5.79. The van der Waals surface area contributed by atoms with Gasteiger partial charge in [-0.05, 0) is 42.7 Å². The van der Waals surface area contributed by atoms with Crippen molar-refractivity contribution in [2.45, 2.75) is 33.2 Å². The first-order valence-corrected chi connectivity index (χ1v) is 8.18. The Morgan fingerprint density at radius 2 is 2.08 bits per heavy atom. The molecule has 0 saturated carbocycles. The number of amides is 1. The number of nitrogens with one attached hydrogen (secondary N) is 2. The number of hydrogen-bond acceptors (Lipinski definition) is 3. The molecule has 2 aromatic heterocycles. The molecule has 0 aliphatic heterocycles. The van der Waals surface area contributed by atoms with Gasteiger partial charge in [0.05, 0.1) is 23.5 Å². The van der Waals surface area contributed by atoms with E-state index in [9.17, 15) is 4.79 Å². The van der Waals surface area contributed by atoms with Gasteiger partial charge in [0.2, 0.25) is 5.91 Å². The second kappa shape index (κ2) is 6.83. The van der Waals surface area contributed by atoms with Crippen LogP contribution in [0.3, 0.4) is 0 Å². The molecule has 0 unspecified atom stereocenters. The van der Waals surface area contributed by atoms with Crippen LogP contribution in [0.2, 0.25) is 0 Å². The second-order valence-electron chi connectivity index (χ2n) is 6.43. The van der Waals surface area contributed by atoms with Gasteiger partial charge in [-0.15, -0.1) is 0 Å². The van der Waals surface area contributed by atoms with Crippen LogP contribution < -0.4 is 5.32 Å². The molecule has 3 rings (SSSR count). The smallest absolute Gasteiger partial charge is 0.226 e. The number of benzene rings is 1. The van der Waals surface area contributed by atoms with E-state index >= 15 is 0 Å². The highest BCUT2D eigenvalue weighted by Crippen LogP contribution is 2.23. The van der Waals surface area contributed by atoms with Crippen LogP contribution in [-0.4, -0.2) is 20.9 Å². The molecule has 1 atom stereocenters. The average molecular weight is 322 g/mol. The maximum absolute atomic E-state index is 12.4. The van der Waals surface area contributed by atoms with Crippen molar-refractivity contribution < 1.29 is 4.79 Å². The van der Waals surface area contributed by atoms with Crippen molar-refractivity contribution in [3.05, 3.63) is 59.7 Å². The quantitative estimate of drug-likeness (QED) is 0.757. The normalized spacial score (nSPS) is 12.5. The summed E-state index contributed by atoms with van der Waals surface area (Å²) in [6.45, 7) is 6.20. The standard InChI is InChI=1S/C19H22N4O/c1-12(2)18(23-17(24)11-14-6-4-5-9-20-14)19-21-15-8-7-13(3)10-16(15)22-19/h4-10,12,18H,11H2,1-3H3,(H,21,22)(H,23,24)/t18-/m1/s1. The van der Waals surface area contributed by atoms with Crippen molar-refractivity contribution in [3.8, 4) is 0 Å². The number of imidazole rings is 1. The van der Waals surface area contributed by atoms with Crippen LogP contribution in [0, 0.1) is 12.8 Å². The Balaban J connectivity index is 1.79. The van der Waals surface area contributed by atoms with Crippen molar-refractivity contribution in [2.24, 2.45) is 5.92 Å². The molecule has 0 bridgehead atoms. The number of nitrogens with zero attached hydrogens (tertiary/aromatic N) is 2. The van der Waals surface area contributed by atoms with Crippen molar-refractivity contribution in [1.29, 1.82) is 0 Å². The predicted molar refractivity (Wildman–Crippen MR) is 94.5 cm³/mol.